The van der Waals surface area contributed by atoms with Crippen molar-refractivity contribution in [1.29, 1.82) is 0 Å². The summed E-state index contributed by atoms with van der Waals surface area (Å²) in [5.41, 5.74) is -0.917. The van der Waals surface area contributed by atoms with Crippen LogP contribution in [0.3, 0.4) is 0 Å². The van der Waals surface area contributed by atoms with E-state index in [1.165, 1.54) is 11.8 Å². The third-order valence-corrected chi connectivity index (χ3v) is 3.32. The standard InChI is InChI=1S/C13H14F3N3O2/c1-9(20)18-4-6-19(7-5-18)12(21)11-3-2-10(8-17-11)13(14,15)16/h2-3,8H,4-7H2,1H3. The van der Waals surface area contributed by atoms with Crippen LogP contribution in [0.25, 0.3) is 0 Å². The molecule has 114 valence electrons. The highest BCUT2D eigenvalue weighted by Crippen LogP contribution is 2.28. The van der Waals surface area contributed by atoms with Crippen LogP contribution < -0.4 is 0 Å². The number of halogens is 3. The van der Waals surface area contributed by atoms with E-state index >= 15 is 0 Å². The molecule has 2 rings (SSSR count). The lowest BCUT2D eigenvalue weighted by molar-refractivity contribution is -0.137. The van der Waals surface area contributed by atoms with Crippen LogP contribution in [0, 0.1) is 0 Å². The monoisotopic (exact) mass is 301 g/mol. The number of carbonyl (C=O) groups is 2. The highest BCUT2D eigenvalue weighted by molar-refractivity contribution is 5.92. The highest BCUT2D eigenvalue weighted by atomic mass is 19.4. The molecule has 2 amide bonds. The molecule has 2 heterocycles. The lowest BCUT2D eigenvalue weighted by Crippen LogP contribution is -2.50. The molecule has 5 nitrogen and oxygen atoms in total. The summed E-state index contributed by atoms with van der Waals surface area (Å²) >= 11 is 0. The Labute approximate surface area is 119 Å². The van der Waals surface area contributed by atoms with Gasteiger partial charge in [-0.3, -0.25) is 14.6 Å². The Kier molecular flexibility index (Phi) is 4.15. The summed E-state index contributed by atoms with van der Waals surface area (Å²) in [5, 5.41) is 0. The summed E-state index contributed by atoms with van der Waals surface area (Å²) in [7, 11) is 0. The number of alkyl halides is 3. The van der Waals surface area contributed by atoms with Gasteiger partial charge in [0.15, 0.2) is 0 Å². The normalized spacial score (nSPS) is 16.0. The summed E-state index contributed by atoms with van der Waals surface area (Å²) < 4.78 is 37.3. The quantitative estimate of drug-likeness (QED) is 0.788. The molecule has 1 aromatic heterocycles. The number of piperazine rings is 1. The van der Waals surface area contributed by atoms with Crippen molar-refractivity contribution in [3.63, 3.8) is 0 Å². The Morgan fingerprint density at radius 1 is 1.10 bits per heavy atom. The number of rotatable bonds is 1. The van der Waals surface area contributed by atoms with Crippen LogP contribution >= 0.6 is 0 Å². The number of carbonyl (C=O) groups excluding carboxylic acids is 2. The Morgan fingerprint density at radius 3 is 2.10 bits per heavy atom. The van der Waals surface area contributed by atoms with E-state index in [2.05, 4.69) is 4.98 Å². The molecule has 8 heteroatoms. The first kappa shape index (κ1) is 15.3. The number of hydrogen-bond donors (Lipinski definition) is 0. The van der Waals surface area contributed by atoms with Crippen molar-refractivity contribution in [2.75, 3.05) is 26.2 Å². The third-order valence-electron chi connectivity index (χ3n) is 3.32. The van der Waals surface area contributed by atoms with Crippen LogP contribution in [-0.2, 0) is 11.0 Å². The Hall–Kier alpha value is -2.12. The van der Waals surface area contributed by atoms with Gasteiger partial charge in [-0.25, -0.2) is 0 Å². The first-order valence-corrected chi connectivity index (χ1v) is 6.37. The summed E-state index contributed by atoms with van der Waals surface area (Å²) in [6.07, 6.45) is -3.82. The molecule has 1 fully saturated rings. The van der Waals surface area contributed by atoms with Gasteiger partial charge in [-0.2, -0.15) is 13.2 Å². The average molecular weight is 301 g/mol. The maximum Gasteiger partial charge on any atom is 0.417 e. The summed E-state index contributed by atoms with van der Waals surface area (Å²) in [6, 6.07) is 1.91. The van der Waals surface area contributed by atoms with Crippen LogP contribution in [0.15, 0.2) is 18.3 Å². The van der Waals surface area contributed by atoms with Gasteiger partial charge < -0.3 is 9.80 Å². The Bertz CT molecular complexity index is 535. The van der Waals surface area contributed by atoms with Gasteiger partial charge in [0.2, 0.25) is 5.91 Å². The second kappa shape index (κ2) is 5.71. The molecule has 0 aliphatic carbocycles. The zero-order chi connectivity index (χ0) is 15.6. The van der Waals surface area contributed by atoms with Crippen molar-refractivity contribution >= 4 is 11.8 Å². The molecule has 0 radical (unpaired) electrons. The second-order valence-electron chi connectivity index (χ2n) is 4.73. The molecule has 0 spiro atoms. The van der Waals surface area contributed by atoms with Crippen molar-refractivity contribution < 1.29 is 22.8 Å². The molecule has 0 saturated carbocycles. The van der Waals surface area contributed by atoms with E-state index in [0.717, 1.165) is 12.1 Å². The fourth-order valence-corrected chi connectivity index (χ4v) is 2.07. The molecular formula is C13H14F3N3O2. The van der Waals surface area contributed by atoms with E-state index in [-0.39, 0.29) is 11.6 Å². The van der Waals surface area contributed by atoms with Crippen LogP contribution in [0.1, 0.15) is 23.0 Å². The minimum absolute atomic E-state index is 0.0284. The molecule has 0 atom stereocenters. The number of hydrogen-bond acceptors (Lipinski definition) is 3. The van der Waals surface area contributed by atoms with Gasteiger partial charge >= 0.3 is 6.18 Å². The fraction of sp³-hybridized carbons (Fsp3) is 0.462. The minimum atomic E-state index is -4.47. The van der Waals surface area contributed by atoms with Crippen molar-refractivity contribution in [3.8, 4) is 0 Å². The largest absolute Gasteiger partial charge is 0.417 e. The van der Waals surface area contributed by atoms with Crippen LogP contribution in [-0.4, -0.2) is 52.8 Å². The van der Waals surface area contributed by atoms with Crippen molar-refractivity contribution in [3.05, 3.63) is 29.6 Å². The first-order valence-electron chi connectivity index (χ1n) is 6.37. The van der Waals surface area contributed by atoms with E-state index in [1.54, 1.807) is 4.90 Å². The number of amides is 2. The molecule has 1 aliphatic heterocycles. The molecule has 1 aromatic rings. The summed E-state index contributed by atoms with van der Waals surface area (Å²) in [5.74, 6) is -0.485. The molecule has 21 heavy (non-hydrogen) atoms. The predicted molar refractivity (Wildman–Crippen MR) is 67.4 cm³/mol. The zero-order valence-corrected chi connectivity index (χ0v) is 11.4. The maximum atomic E-state index is 12.4. The topological polar surface area (TPSA) is 53.5 Å². The molecular weight excluding hydrogens is 287 g/mol. The molecule has 0 N–H and O–H groups in total. The predicted octanol–water partition coefficient (Wildman–Crippen LogP) is 1.40. The number of pyridine rings is 1. The maximum absolute atomic E-state index is 12.4. The molecule has 0 aromatic carbocycles. The van der Waals surface area contributed by atoms with Crippen LogP contribution in [0.2, 0.25) is 0 Å². The van der Waals surface area contributed by atoms with Crippen molar-refractivity contribution in [2.24, 2.45) is 0 Å². The summed E-state index contributed by atoms with van der Waals surface area (Å²) in [6.45, 7) is 2.99. The first-order chi connectivity index (χ1) is 9.79. The van der Waals surface area contributed by atoms with Gasteiger partial charge in [-0.15, -0.1) is 0 Å². The molecule has 1 saturated heterocycles. The van der Waals surface area contributed by atoms with E-state index in [0.29, 0.717) is 32.4 Å². The van der Waals surface area contributed by atoms with E-state index < -0.39 is 17.6 Å². The molecule has 0 unspecified atom stereocenters. The zero-order valence-electron chi connectivity index (χ0n) is 11.4. The van der Waals surface area contributed by atoms with Gasteiger partial charge in [0, 0.05) is 39.3 Å². The highest BCUT2D eigenvalue weighted by Gasteiger charge is 2.31. The van der Waals surface area contributed by atoms with E-state index in [4.69, 9.17) is 0 Å². The molecule has 1 aliphatic rings. The fourth-order valence-electron chi connectivity index (χ4n) is 2.07. The smallest absolute Gasteiger partial charge is 0.339 e. The van der Waals surface area contributed by atoms with E-state index in [9.17, 15) is 22.8 Å². The van der Waals surface area contributed by atoms with Crippen molar-refractivity contribution in [2.45, 2.75) is 13.1 Å². The SMILES string of the molecule is CC(=O)N1CCN(C(=O)c2ccc(C(F)(F)F)cn2)CC1. The van der Waals surface area contributed by atoms with Crippen LogP contribution in [0.4, 0.5) is 13.2 Å². The van der Waals surface area contributed by atoms with Gasteiger partial charge in [0.05, 0.1) is 5.56 Å². The molecule has 0 bridgehead atoms. The van der Waals surface area contributed by atoms with E-state index in [1.807, 2.05) is 0 Å². The summed E-state index contributed by atoms with van der Waals surface area (Å²) in [4.78, 5) is 30.0. The van der Waals surface area contributed by atoms with Crippen molar-refractivity contribution in [1.82, 2.24) is 14.8 Å². The minimum Gasteiger partial charge on any atom is -0.339 e. The van der Waals surface area contributed by atoms with Gasteiger partial charge in [-0.05, 0) is 12.1 Å². The number of aromatic nitrogens is 1. The Balaban J connectivity index is 2.03. The third kappa shape index (κ3) is 3.50. The lowest BCUT2D eigenvalue weighted by Gasteiger charge is -2.34. The number of nitrogens with zero attached hydrogens (tertiary/aromatic N) is 3. The van der Waals surface area contributed by atoms with Crippen LogP contribution in [0.5, 0.6) is 0 Å². The second-order valence-corrected chi connectivity index (χ2v) is 4.73. The lowest BCUT2D eigenvalue weighted by atomic mass is 10.2. The van der Waals surface area contributed by atoms with Gasteiger partial charge in [0.25, 0.3) is 5.91 Å². The average Bonchev–Trinajstić information content (AvgIpc) is 2.46. The van der Waals surface area contributed by atoms with Gasteiger partial charge in [-0.1, -0.05) is 0 Å². The Morgan fingerprint density at radius 2 is 1.67 bits per heavy atom. The van der Waals surface area contributed by atoms with Gasteiger partial charge in [0.1, 0.15) is 5.69 Å².